The molecule has 0 spiro atoms. The van der Waals surface area contributed by atoms with Gasteiger partial charge in [0.25, 0.3) is 11.7 Å². The SMILES string of the molecule is CCc1nc2nnc(C(=O)Nc3ccccc3Cl)c(C)n2n1. The van der Waals surface area contributed by atoms with Crippen molar-refractivity contribution in [3.05, 3.63) is 46.5 Å². The van der Waals surface area contributed by atoms with Gasteiger partial charge in [-0.25, -0.2) is 0 Å². The highest BCUT2D eigenvalue weighted by atomic mass is 35.5. The van der Waals surface area contributed by atoms with Gasteiger partial charge in [-0.1, -0.05) is 30.7 Å². The van der Waals surface area contributed by atoms with Gasteiger partial charge in [0.05, 0.1) is 16.4 Å². The van der Waals surface area contributed by atoms with Gasteiger partial charge in [-0.3, -0.25) is 4.79 Å². The first kappa shape index (κ1) is 14.4. The van der Waals surface area contributed by atoms with Crippen LogP contribution >= 0.6 is 11.6 Å². The van der Waals surface area contributed by atoms with E-state index in [2.05, 4.69) is 25.6 Å². The molecule has 0 aliphatic rings. The molecular formula is C14H13ClN6O. The summed E-state index contributed by atoms with van der Waals surface area (Å²) in [6, 6.07) is 6.99. The maximum absolute atomic E-state index is 12.4. The maximum Gasteiger partial charge on any atom is 0.278 e. The Hall–Kier alpha value is -2.54. The Balaban J connectivity index is 1.97. The summed E-state index contributed by atoms with van der Waals surface area (Å²) in [5.41, 5.74) is 1.27. The van der Waals surface area contributed by atoms with E-state index in [9.17, 15) is 4.79 Å². The van der Waals surface area contributed by atoms with Crippen LogP contribution in [0.5, 0.6) is 0 Å². The third kappa shape index (κ3) is 2.50. The predicted molar refractivity (Wildman–Crippen MR) is 82.1 cm³/mol. The molecule has 112 valence electrons. The number of hydrogen-bond acceptors (Lipinski definition) is 5. The van der Waals surface area contributed by atoms with Crippen molar-refractivity contribution in [1.29, 1.82) is 0 Å². The zero-order valence-corrected chi connectivity index (χ0v) is 12.8. The monoisotopic (exact) mass is 316 g/mol. The first-order valence-corrected chi connectivity index (χ1v) is 7.12. The molecule has 0 fully saturated rings. The molecule has 0 aliphatic carbocycles. The standard InChI is InChI=1S/C14H13ClN6O/c1-3-11-17-14-19-18-12(8(2)21(14)20-11)13(22)16-10-7-5-4-6-9(10)15/h4-7H,3H2,1-2H3,(H,16,22). The average molecular weight is 317 g/mol. The number of halogens is 1. The lowest BCUT2D eigenvalue weighted by atomic mass is 10.3. The number of benzene rings is 1. The molecule has 1 aromatic carbocycles. The van der Waals surface area contributed by atoms with Gasteiger partial charge in [0.1, 0.15) is 0 Å². The Morgan fingerprint density at radius 2 is 2.09 bits per heavy atom. The maximum atomic E-state index is 12.4. The molecule has 0 saturated heterocycles. The molecule has 0 unspecified atom stereocenters. The van der Waals surface area contributed by atoms with Crippen molar-refractivity contribution in [3.8, 4) is 0 Å². The van der Waals surface area contributed by atoms with E-state index in [-0.39, 0.29) is 5.69 Å². The first-order valence-electron chi connectivity index (χ1n) is 6.75. The molecule has 3 rings (SSSR count). The van der Waals surface area contributed by atoms with E-state index >= 15 is 0 Å². The van der Waals surface area contributed by atoms with Gasteiger partial charge < -0.3 is 5.32 Å². The summed E-state index contributed by atoms with van der Waals surface area (Å²) in [5, 5.41) is 15.4. The third-order valence-corrected chi connectivity index (χ3v) is 3.52. The number of nitrogens with one attached hydrogen (secondary N) is 1. The molecule has 0 atom stereocenters. The summed E-state index contributed by atoms with van der Waals surface area (Å²) < 4.78 is 1.52. The fraction of sp³-hybridized carbons (Fsp3) is 0.214. The normalized spacial score (nSPS) is 10.9. The number of hydrogen-bond donors (Lipinski definition) is 1. The molecular weight excluding hydrogens is 304 g/mol. The predicted octanol–water partition coefficient (Wildman–Crippen LogP) is 2.30. The van der Waals surface area contributed by atoms with Crippen LogP contribution in [-0.4, -0.2) is 30.7 Å². The lowest BCUT2D eigenvalue weighted by Gasteiger charge is -2.08. The molecule has 22 heavy (non-hydrogen) atoms. The fourth-order valence-corrected chi connectivity index (χ4v) is 2.19. The van der Waals surface area contributed by atoms with E-state index in [4.69, 9.17) is 11.6 Å². The number of nitrogens with zero attached hydrogens (tertiary/aromatic N) is 5. The number of carbonyl (C=O) groups is 1. The van der Waals surface area contributed by atoms with Crippen LogP contribution in [-0.2, 0) is 6.42 Å². The van der Waals surface area contributed by atoms with E-state index < -0.39 is 5.91 Å². The van der Waals surface area contributed by atoms with Gasteiger partial charge in [0, 0.05) is 6.42 Å². The molecule has 8 heteroatoms. The summed E-state index contributed by atoms with van der Waals surface area (Å²) >= 11 is 6.03. The molecule has 7 nitrogen and oxygen atoms in total. The van der Waals surface area contributed by atoms with Crippen LogP contribution in [0.25, 0.3) is 5.78 Å². The first-order chi connectivity index (χ1) is 10.6. The Labute approximate surface area is 131 Å². The van der Waals surface area contributed by atoms with Gasteiger partial charge in [0.15, 0.2) is 11.5 Å². The van der Waals surface area contributed by atoms with E-state index in [1.165, 1.54) is 4.52 Å². The summed E-state index contributed by atoms with van der Waals surface area (Å²) in [6.07, 6.45) is 0.684. The van der Waals surface area contributed by atoms with E-state index in [1.807, 2.05) is 6.92 Å². The highest BCUT2D eigenvalue weighted by Gasteiger charge is 2.17. The summed E-state index contributed by atoms with van der Waals surface area (Å²) in [7, 11) is 0. The molecule has 0 saturated carbocycles. The summed E-state index contributed by atoms with van der Waals surface area (Å²) in [4.78, 5) is 16.6. The highest BCUT2D eigenvalue weighted by Crippen LogP contribution is 2.21. The van der Waals surface area contributed by atoms with Crippen LogP contribution in [0.15, 0.2) is 24.3 Å². The molecule has 2 aromatic heterocycles. The Morgan fingerprint density at radius 1 is 1.32 bits per heavy atom. The van der Waals surface area contributed by atoms with Crippen molar-refractivity contribution in [1.82, 2.24) is 24.8 Å². The van der Waals surface area contributed by atoms with Crippen molar-refractivity contribution in [2.24, 2.45) is 0 Å². The van der Waals surface area contributed by atoms with Crippen LogP contribution < -0.4 is 5.32 Å². The third-order valence-electron chi connectivity index (χ3n) is 3.19. The minimum absolute atomic E-state index is 0.181. The molecule has 2 heterocycles. The van der Waals surface area contributed by atoms with Gasteiger partial charge in [0.2, 0.25) is 0 Å². The van der Waals surface area contributed by atoms with E-state index in [0.717, 1.165) is 0 Å². The lowest BCUT2D eigenvalue weighted by molar-refractivity contribution is 0.102. The number of aryl methyl sites for hydroxylation is 2. The Kier molecular flexibility index (Phi) is 3.72. The van der Waals surface area contributed by atoms with E-state index in [1.54, 1.807) is 31.2 Å². The van der Waals surface area contributed by atoms with Gasteiger partial charge in [-0.15, -0.1) is 15.3 Å². The molecule has 0 radical (unpaired) electrons. The summed E-state index contributed by atoms with van der Waals surface area (Å²) in [5.74, 6) is 0.637. The smallest absolute Gasteiger partial charge is 0.278 e. The van der Waals surface area contributed by atoms with Crippen LogP contribution in [0.1, 0.15) is 28.9 Å². The van der Waals surface area contributed by atoms with Gasteiger partial charge in [-0.05, 0) is 19.1 Å². The average Bonchev–Trinajstić information content (AvgIpc) is 2.94. The lowest BCUT2D eigenvalue weighted by Crippen LogP contribution is -2.18. The van der Waals surface area contributed by atoms with Gasteiger partial charge in [-0.2, -0.15) is 9.50 Å². The molecule has 3 aromatic rings. The van der Waals surface area contributed by atoms with Crippen molar-refractivity contribution < 1.29 is 4.79 Å². The quantitative estimate of drug-likeness (QED) is 0.801. The number of para-hydroxylation sites is 1. The van der Waals surface area contributed by atoms with Crippen LogP contribution in [0.3, 0.4) is 0 Å². The van der Waals surface area contributed by atoms with Crippen LogP contribution in [0.2, 0.25) is 5.02 Å². The molecule has 1 N–H and O–H groups in total. The highest BCUT2D eigenvalue weighted by molar-refractivity contribution is 6.33. The summed E-state index contributed by atoms with van der Waals surface area (Å²) in [6.45, 7) is 3.69. The van der Waals surface area contributed by atoms with Crippen molar-refractivity contribution in [2.45, 2.75) is 20.3 Å². The Morgan fingerprint density at radius 3 is 2.82 bits per heavy atom. The minimum Gasteiger partial charge on any atom is -0.319 e. The topological polar surface area (TPSA) is 85.1 Å². The van der Waals surface area contributed by atoms with E-state index in [0.29, 0.717) is 34.4 Å². The van der Waals surface area contributed by atoms with Crippen molar-refractivity contribution in [2.75, 3.05) is 5.32 Å². The second-order valence-electron chi connectivity index (χ2n) is 4.66. The van der Waals surface area contributed by atoms with Crippen LogP contribution in [0, 0.1) is 6.92 Å². The number of amides is 1. The van der Waals surface area contributed by atoms with Crippen molar-refractivity contribution >= 4 is 29.0 Å². The van der Waals surface area contributed by atoms with Gasteiger partial charge >= 0.3 is 0 Å². The zero-order valence-electron chi connectivity index (χ0n) is 12.0. The molecule has 1 amide bonds. The number of aromatic nitrogens is 5. The number of anilines is 1. The molecule has 0 aliphatic heterocycles. The Bertz CT molecular complexity index is 860. The number of rotatable bonds is 3. The second kappa shape index (κ2) is 5.69. The fourth-order valence-electron chi connectivity index (χ4n) is 2.01. The zero-order chi connectivity index (χ0) is 15.7. The number of carbonyl (C=O) groups excluding carboxylic acids is 1. The largest absolute Gasteiger partial charge is 0.319 e. The van der Waals surface area contributed by atoms with Crippen molar-refractivity contribution in [3.63, 3.8) is 0 Å². The molecule has 0 bridgehead atoms. The second-order valence-corrected chi connectivity index (χ2v) is 5.07. The minimum atomic E-state index is -0.395. The van der Waals surface area contributed by atoms with Crippen LogP contribution in [0.4, 0.5) is 5.69 Å². The number of fused-ring (bicyclic) bond motifs is 1.